The number of unbranched alkanes of at least 4 members (excludes halogenated alkanes) is 35. The molecule has 2 unspecified atom stereocenters. The number of aliphatic hydroxyl groups is 2. The lowest BCUT2D eigenvalue weighted by Crippen LogP contribution is -2.45. The third-order valence-corrected chi connectivity index (χ3v) is 11.3. The fraction of sp³-hybridized carbons (Fsp3) is 0.938. The molecule has 1 amide bonds. The number of carbonyl (C=O) groups excluding carboxylic acids is 1. The van der Waals surface area contributed by atoms with E-state index in [1.807, 2.05) is 0 Å². The van der Waals surface area contributed by atoms with Crippen molar-refractivity contribution in [3.05, 3.63) is 12.2 Å². The normalized spacial score (nSPS) is 12.9. The zero-order valence-electron chi connectivity index (χ0n) is 35.6. The van der Waals surface area contributed by atoms with Crippen LogP contribution in [0.15, 0.2) is 12.2 Å². The highest BCUT2D eigenvalue weighted by atomic mass is 16.3. The average molecular weight is 734 g/mol. The number of aliphatic hydroxyl groups excluding tert-OH is 2. The molecule has 3 N–H and O–H groups in total. The Labute approximate surface area is 327 Å². The summed E-state index contributed by atoms with van der Waals surface area (Å²) in [6.07, 6.45) is 56.1. The van der Waals surface area contributed by atoms with Gasteiger partial charge < -0.3 is 15.5 Å². The third-order valence-electron chi connectivity index (χ3n) is 11.3. The Morgan fingerprint density at radius 2 is 0.731 bits per heavy atom. The van der Waals surface area contributed by atoms with Crippen LogP contribution in [0, 0.1) is 0 Å². The van der Waals surface area contributed by atoms with Crippen molar-refractivity contribution in [2.24, 2.45) is 0 Å². The van der Waals surface area contributed by atoms with Crippen LogP contribution in [0.1, 0.15) is 271 Å². The van der Waals surface area contributed by atoms with E-state index in [2.05, 4.69) is 31.3 Å². The summed E-state index contributed by atoms with van der Waals surface area (Å²) in [5.41, 5.74) is 0. The summed E-state index contributed by atoms with van der Waals surface area (Å²) in [7, 11) is 0. The van der Waals surface area contributed by atoms with E-state index in [1.165, 1.54) is 218 Å². The van der Waals surface area contributed by atoms with E-state index in [1.54, 1.807) is 0 Å². The maximum Gasteiger partial charge on any atom is 0.220 e. The molecule has 52 heavy (non-hydrogen) atoms. The first kappa shape index (κ1) is 51.1. The SMILES string of the molecule is CCCCCCCCCC/C=C\CCCCCCCCCCCCCCCCCCCCCC(=O)NC(CO)C(O)CCCCCCCCCCC. The lowest BCUT2D eigenvalue weighted by atomic mass is 10.0. The van der Waals surface area contributed by atoms with Crippen molar-refractivity contribution in [3.63, 3.8) is 0 Å². The zero-order valence-corrected chi connectivity index (χ0v) is 35.6. The van der Waals surface area contributed by atoms with Crippen LogP contribution in [0.5, 0.6) is 0 Å². The minimum absolute atomic E-state index is 0.0291. The van der Waals surface area contributed by atoms with Crippen molar-refractivity contribution in [1.82, 2.24) is 5.32 Å². The highest BCUT2D eigenvalue weighted by Gasteiger charge is 2.20. The first-order chi connectivity index (χ1) is 25.7. The Kier molecular flexibility index (Phi) is 43.8. The second kappa shape index (κ2) is 44.5. The summed E-state index contributed by atoms with van der Waals surface area (Å²) in [6, 6.07) is -0.529. The fourth-order valence-corrected chi connectivity index (χ4v) is 7.59. The van der Waals surface area contributed by atoms with Crippen molar-refractivity contribution in [2.45, 2.75) is 283 Å². The molecule has 4 nitrogen and oxygen atoms in total. The van der Waals surface area contributed by atoms with Gasteiger partial charge in [-0.3, -0.25) is 4.79 Å². The second-order valence-electron chi connectivity index (χ2n) is 16.5. The zero-order chi connectivity index (χ0) is 37.8. The summed E-state index contributed by atoms with van der Waals surface area (Å²) in [5, 5.41) is 23.0. The fourth-order valence-electron chi connectivity index (χ4n) is 7.59. The molecule has 2 atom stereocenters. The van der Waals surface area contributed by atoms with Gasteiger partial charge in [-0.15, -0.1) is 0 Å². The summed E-state index contributed by atoms with van der Waals surface area (Å²) in [5.74, 6) is -0.0291. The maximum absolute atomic E-state index is 12.4. The van der Waals surface area contributed by atoms with Crippen LogP contribution < -0.4 is 5.32 Å². The molecule has 0 aliphatic heterocycles. The Morgan fingerprint density at radius 1 is 0.442 bits per heavy atom. The van der Waals surface area contributed by atoms with Gasteiger partial charge in [0.1, 0.15) is 0 Å². The van der Waals surface area contributed by atoms with E-state index < -0.39 is 12.1 Å². The largest absolute Gasteiger partial charge is 0.394 e. The predicted molar refractivity (Wildman–Crippen MR) is 230 cm³/mol. The number of rotatable bonds is 44. The second-order valence-corrected chi connectivity index (χ2v) is 16.5. The lowest BCUT2D eigenvalue weighted by Gasteiger charge is -2.22. The van der Waals surface area contributed by atoms with Gasteiger partial charge in [-0.2, -0.15) is 0 Å². The summed E-state index contributed by atoms with van der Waals surface area (Å²) < 4.78 is 0. The molecule has 0 bridgehead atoms. The molecule has 0 saturated carbocycles. The number of hydrogen-bond acceptors (Lipinski definition) is 3. The van der Waals surface area contributed by atoms with E-state index in [4.69, 9.17) is 0 Å². The van der Waals surface area contributed by atoms with Gasteiger partial charge in [0.2, 0.25) is 5.91 Å². The van der Waals surface area contributed by atoms with Gasteiger partial charge in [-0.05, 0) is 38.5 Å². The predicted octanol–water partition coefficient (Wildman–Crippen LogP) is 15.0. The molecule has 0 rings (SSSR count). The lowest BCUT2D eigenvalue weighted by molar-refractivity contribution is -0.123. The highest BCUT2D eigenvalue weighted by Crippen LogP contribution is 2.17. The van der Waals surface area contributed by atoms with Crippen LogP contribution in [-0.4, -0.2) is 34.9 Å². The van der Waals surface area contributed by atoms with Crippen molar-refractivity contribution < 1.29 is 15.0 Å². The number of allylic oxidation sites excluding steroid dienone is 2. The Balaban J connectivity index is 3.36. The topological polar surface area (TPSA) is 69.6 Å². The van der Waals surface area contributed by atoms with Crippen LogP contribution in [0.4, 0.5) is 0 Å². The van der Waals surface area contributed by atoms with Gasteiger partial charge >= 0.3 is 0 Å². The first-order valence-electron chi connectivity index (χ1n) is 23.9. The van der Waals surface area contributed by atoms with Crippen LogP contribution in [0.25, 0.3) is 0 Å². The highest BCUT2D eigenvalue weighted by molar-refractivity contribution is 5.76. The number of amides is 1. The molecule has 0 fully saturated rings. The van der Waals surface area contributed by atoms with Crippen molar-refractivity contribution in [2.75, 3.05) is 6.61 Å². The van der Waals surface area contributed by atoms with Gasteiger partial charge in [0.15, 0.2) is 0 Å². The van der Waals surface area contributed by atoms with Crippen LogP contribution in [0.2, 0.25) is 0 Å². The molecule has 0 heterocycles. The molecular weight excluding hydrogens is 639 g/mol. The number of carbonyl (C=O) groups is 1. The molecule has 0 aliphatic carbocycles. The Hall–Kier alpha value is -0.870. The number of nitrogens with one attached hydrogen (secondary N) is 1. The Morgan fingerprint density at radius 3 is 1.06 bits per heavy atom. The van der Waals surface area contributed by atoms with Crippen molar-refractivity contribution >= 4 is 5.91 Å². The molecular formula is C48H95NO3. The van der Waals surface area contributed by atoms with Crippen LogP contribution in [0.3, 0.4) is 0 Å². The van der Waals surface area contributed by atoms with Gasteiger partial charge in [0, 0.05) is 6.42 Å². The van der Waals surface area contributed by atoms with E-state index >= 15 is 0 Å². The molecule has 0 saturated heterocycles. The van der Waals surface area contributed by atoms with Gasteiger partial charge in [0.25, 0.3) is 0 Å². The van der Waals surface area contributed by atoms with Crippen LogP contribution in [-0.2, 0) is 4.79 Å². The average Bonchev–Trinajstić information content (AvgIpc) is 3.15. The summed E-state index contributed by atoms with van der Waals surface area (Å²) in [4.78, 5) is 12.4. The molecule has 0 spiro atoms. The minimum atomic E-state index is -0.653. The molecule has 0 aromatic heterocycles. The number of hydrogen-bond donors (Lipinski definition) is 3. The summed E-state index contributed by atoms with van der Waals surface area (Å²) in [6.45, 7) is 4.35. The third kappa shape index (κ3) is 40.3. The smallest absolute Gasteiger partial charge is 0.220 e. The van der Waals surface area contributed by atoms with Crippen molar-refractivity contribution in [3.8, 4) is 0 Å². The van der Waals surface area contributed by atoms with Crippen LogP contribution >= 0.6 is 0 Å². The first-order valence-corrected chi connectivity index (χ1v) is 23.9. The minimum Gasteiger partial charge on any atom is -0.394 e. The van der Waals surface area contributed by atoms with Gasteiger partial charge in [-0.25, -0.2) is 0 Å². The quantitative estimate of drug-likeness (QED) is 0.0431. The molecule has 0 radical (unpaired) electrons. The van der Waals surface area contributed by atoms with E-state index in [0.29, 0.717) is 12.8 Å². The monoisotopic (exact) mass is 734 g/mol. The Bertz CT molecular complexity index is 710. The molecule has 310 valence electrons. The van der Waals surface area contributed by atoms with Crippen molar-refractivity contribution in [1.29, 1.82) is 0 Å². The molecule has 0 aromatic carbocycles. The van der Waals surface area contributed by atoms with Gasteiger partial charge in [-0.1, -0.05) is 238 Å². The molecule has 4 heteroatoms. The van der Waals surface area contributed by atoms with Gasteiger partial charge in [0.05, 0.1) is 18.8 Å². The van der Waals surface area contributed by atoms with E-state index in [9.17, 15) is 15.0 Å². The standard InChI is InChI=1S/C48H95NO3/c1-3-5-7-9-11-13-14-15-16-17-18-19-20-21-22-23-24-25-26-27-28-29-30-31-32-33-34-36-38-40-42-44-48(52)49-46(45-50)47(51)43-41-39-37-35-12-10-8-6-4-2/h17-18,46-47,50-51H,3-16,19-45H2,1-2H3,(H,49,52)/b18-17-. The summed E-state index contributed by atoms with van der Waals surface area (Å²) >= 11 is 0. The van der Waals surface area contributed by atoms with E-state index in [-0.39, 0.29) is 12.5 Å². The molecule has 0 aromatic rings. The van der Waals surface area contributed by atoms with E-state index in [0.717, 1.165) is 25.7 Å². The molecule has 0 aliphatic rings. The maximum atomic E-state index is 12.4.